The van der Waals surface area contributed by atoms with Crippen LogP contribution in [0.3, 0.4) is 0 Å². The van der Waals surface area contributed by atoms with Crippen LogP contribution in [0, 0.1) is 5.82 Å². The fourth-order valence-electron chi connectivity index (χ4n) is 2.27. The highest BCUT2D eigenvalue weighted by Crippen LogP contribution is 2.26. The van der Waals surface area contributed by atoms with Crippen LogP contribution in [0.1, 0.15) is 0 Å². The number of rotatable bonds is 3. The molecule has 4 rings (SSSR count). The molecule has 0 unspecified atom stereocenters. The van der Waals surface area contributed by atoms with Crippen LogP contribution in [-0.4, -0.2) is 25.1 Å². The van der Waals surface area contributed by atoms with Gasteiger partial charge in [-0.3, -0.25) is 0 Å². The van der Waals surface area contributed by atoms with Crippen molar-refractivity contribution in [2.75, 3.05) is 5.73 Å². The van der Waals surface area contributed by atoms with Crippen molar-refractivity contribution >= 4 is 5.82 Å². The fraction of sp³-hybridized carbons (Fsp3) is 0. The molecular weight excluding hydrogens is 311 g/mol. The maximum atomic E-state index is 13.9. The van der Waals surface area contributed by atoms with E-state index in [2.05, 4.69) is 20.5 Å². The number of hydrogen-bond donors (Lipinski definition) is 1. The predicted molar refractivity (Wildman–Crippen MR) is 84.5 cm³/mol. The lowest BCUT2D eigenvalue weighted by Gasteiger charge is -2.03. The summed E-state index contributed by atoms with van der Waals surface area (Å²) in [7, 11) is 0. The van der Waals surface area contributed by atoms with E-state index in [-0.39, 0.29) is 23.1 Å². The molecule has 0 aliphatic carbocycles. The Bertz CT molecular complexity index is 995. The molecule has 0 saturated carbocycles. The second-order valence-corrected chi connectivity index (χ2v) is 4.98. The minimum atomic E-state index is -0.462. The second-order valence-electron chi connectivity index (χ2n) is 4.98. The van der Waals surface area contributed by atoms with Gasteiger partial charge in [-0.2, -0.15) is 9.67 Å². The van der Waals surface area contributed by atoms with Gasteiger partial charge in [0.25, 0.3) is 5.89 Å². The van der Waals surface area contributed by atoms with Gasteiger partial charge < -0.3 is 10.3 Å². The van der Waals surface area contributed by atoms with Gasteiger partial charge in [-0.15, -0.1) is 5.10 Å². The summed E-state index contributed by atoms with van der Waals surface area (Å²) < 4.78 is 20.3. The summed E-state index contributed by atoms with van der Waals surface area (Å²) in [6.45, 7) is 0. The zero-order valence-corrected chi connectivity index (χ0v) is 12.3. The van der Waals surface area contributed by atoms with Crippen molar-refractivity contribution in [1.82, 2.24) is 25.1 Å². The number of aromatic nitrogens is 5. The molecule has 0 saturated heterocycles. The van der Waals surface area contributed by atoms with E-state index in [1.807, 2.05) is 30.3 Å². The summed E-state index contributed by atoms with van der Waals surface area (Å²) >= 11 is 0. The van der Waals surface area contributed by atoms with Gasteiger partial charge >= 0.3 is 0 Å². The molecule has 0 fully saturated rings. The molecule has 118 valence electrons. The first-order valence-electron chi connectivity index (χ1n) is 7.09. The topological polar surface area (TPSA) is 95.7 Å². The Morgan fingerprint density at radius 1 is 1.00 bits per heavy atom. The van der Waals surface area contributed by atoms with E-state index < -0.39 is 5.82 Å². The van der Waals surface area contributed by atoms with Gasteiger partial charge in [0.1, 0.15) is 11.5 Å². The number of nitrogens with two attached hydrogens (primary N) is 1. The summed E-state index contributed by atoms with van der Waals surface area (Å²) in [5.74, 6) is 0.180. The summed E-state index contributed by atoms with van der Waals surface area (Å²) in [5.41, 5.74) is 7.22. The van der Waals surface area contributed by atoms with Gasteiger partial charge in [-0.05, 0) is 12.1 Å². The Morgan fingerprint density at radius 2 is 1.75 bits per heavy atom. The van der Waals surface area contributed by atoms with Gasteiger partial charge in [0.05, 0.1) is 0 Å². The Morgan fingerprint density at radius 3 is 2.54 bits per heavy atom. The highest BCUT2D eigenvalue weighted by atomic mass is 19.1. The second kappa shape index (κ2) is 5.58. The third-order valence-corrected chi connectivity index (χ3v) is 3.45. The van der Waals surface area contributed by atoms with E-state index in [0.29, 0.717) is 5.82 Å². The van der Waals surface area contributed by atoms with Crippen molar-refractivity contribution in [3.63, 3.8) is 0 Å². The molecule has 0 aliphatic heterocycles. The van der Waals surface area contributed by atoms with Crippen molar-refractivity contribution < 1.29 is 8.91 Å². The predicted octanol–water partition coefficient (Wildman–Crippen LogP) is 2.71. The molecule has 0 spiro atoms. The first kappa shape index (κ1) is 14.1. The molecule has 2 aromatic carbocycles. The Hall–Kier alpha value is -3.55. The number of nitrogens with zero attached hydrogens (tertiary/aromatic N) is 5. The maximum Gasteiger partial charge on any atom is 0.282 e. The number of halogens is 1. The van der Waals surface area contributed by atoms with Crippen LogP contribution in [0.25, 0.3) is 28.7 Å². The largest absolute Gasteiger partial charge is 0.382 e. The van der Waals surface area contributed by atoms with E-state index in [1.165, 1.54) is 10.7 Å². The molecule has 0 amide bonds. The van der Waals surface area contributed by atoms with Gasteiger partial charge in [0.2, 0.25) is 5.82 Å². The van der Waals surface area contributed by atoms with Crippen LogP contribution in [0.5, 0.6) is 0 Å². The number of hydrogen-bond acceptors (Lipinski definition) is 6. The van der Waals surface area contributed by atoms with E-state index >= 15 is 0 Å². The molecule has 7 nitrogen and oxygen atoms in total. The van der Waals surface area contributed by atoms with Crippen molar-refractivity contribution in [2.24, 2.45) is 0 Å². The van der Waals surface area contributed by atoms with Gasteiger partial charge in [0.15, 0.2) is 11.5 Å². The van der Waals surface area contributed by atoms with E-state index in [0.717, 1.165) is 5.56 Å². The lowest BCUT2D eigenvalue weighted by Crippen LogP contribution is -2.04. The highest BCUT2D eigenvalue weighted by Gasteiger charge is 2.20. The number of nitrogen functional groups attached to an aromatic ring is 1. The Labute approximate surface area is 135 Å². The monoisotopic (exact) mass is 322 g/mol. The van der Waals surface area contributed by atoms with Crippen molar-refractivity contribution in [3.8, 4) is 28.7 Å². The average Bonchev–Trinajstić information content (AvgIpc) is 3.23. The molecule has 2 aromatic heterocycles. The van der Waals surface area contributed by atoms with Crippen molar-refractivity contribution in [3.05, 3.63) is 60.4 Å². The Kier molecular flexibility index (Phi) is 3.27. The summed E-state index contributed by atoms with van der Waals surface area (Å²) in [4.78, 5) is 4.27. The zero-order chi connectivity index (χ0) is 16.5. The molecule has 4 aromatic rings. The molecule has 8 heteroatoms. The highest BCUT2D eigenvalue weighted by molar-refractivity contribution is 5.66. The Balaban J connectivity index is 1.74. The molecule has 2 N–H and O–H groups in total. The third kappa shape index (κ3) is 2.30. The molecule has 0 atom stereocenters. The third-order valence-electron chi connectivity index (χ3n) is 3.45. The first-order chi connectivity index (χ1) is 11.7. The molecule has 0 aliphatic rings. The zero-order valence-electron chi connectivity index (χ0n) is 12.3. The minimum absolute atomic E-state index is 0.114. The molecule has 2 heterocycles. The number of para-hydroxylation sites is 1. The van der Waals surface area contributed by atoms with Crippen molar-refractivity contribution in [1.29, 1.82) is 0 Å². The quantitative estimate of drug-likeness (QED) is 0.623. The van der Waals surface area contributed by atoms with Crippen LogP contribution < -0.4 is 5.73 Å². The minimum Gasteiger partial charge on any atom is -0.382 e. The lowest BCUT2D eigenvalue weighted by atomic mass is 10.2. The number of benzene rings is 2. The van der Waals surface area contributed by atoms with Gasteiger partial charge in [-0.25, -0.2) is 4.39 Å². The van der Waals surface area contributed by atoms with E-state index in [4.69, 9.17) is 10.3 Å². The standard InChI is InChI=1S/C16H11FN6O/c17-11-8-4-5-9-12(11)23-14(18)13(20-22-23)16-19-15(21-24-16)10-6-2-1-3-7-10/h1-9H,18H2. The summed E-state index contributed by atoms with van der Waals surface area (Å²) in [6, 6.07) is 15.5. The average molecular weight is 322 g/mol. The van der Waals surface area contributed by atoms with E-state index in [1.54, 1.807) is 18.2 Å². The van der Waals surface area contributed by atoms with Gasteiger partial charge in [-0.1, -0.05) is 52.8 Å². The molecule has 0 bridgehead atoms. The van der Waals surface area contributed by atoms with Gasteiger partial charge in [0, 0.05) is 5.56 Å². The molecule has 0 radical (unpaired) electrons. The van der Waals surface area contributed by atoms with Crippen LogP contribution in [0.4, 0.5) is 10.2 Å². The first-order valence-corrected chi connectivity index (χ1v) is 7.09. The van der Waals surface area contributed by atoms with E-state index in [9.17, 15) is 4.39 Å². The summed E-state index contributed by atoms with van der Waals surface area (Å²) in [6.07, 6.45) is 0. The summed E-state index contributed by atoms with van der Waals surface area (Å²) in [5, 5.41) is 11.7. The van der Waals surface area contributed by atoms with Crippen LogP contribution in [-0.2, 0) is 0 Å². The van der Waals surface area contributed by atoms with Crippen LogP contribution in [0.2, 0.25) is 0 Å². The van der Waals surface area contributed by atoms with Crippen LogP contribution >= 0.6 is 0 Å². The smallest absolute Gasteiger partial charge is 0.282 e. The lowest BCUT2D eigenvalue weighted by molar-refractivity contribution is 0.431. The van der Waals surface area contributed by atoms with Crippen molar-refractivity contribution in [2.45, 2.75) is 0 Å². The fourth-order valence-corrected chi connectivity index (χ4v) is 2.27. The SMILES string of the molecule is Nc1c(-c2nc(-c3ccccc3)no2)nnn1-c1ccccc1F. The molecular formula is C16H11FN6O. The number of anilines is 1. The van der Waals surface area contributed by atoms with Crippen LogP contribution in [0.15, 0.2) is 59.1 Å². The maximum absolute atomic E-state index is 13.9. The molecule has 24 heavy (non-hydrogen) atoms. The normalized spacial score (nSPS) is 10.9.